The van der Waals surface area contributed by atoms with E-state index in [4.69, 9.17) is 4.74 Å². The lowest BCUT2D eigenvalue weighted by atomic mass is 10.0. The Bertz CT molecular complexity index is 1080. The van der Waals surface area contributed by atoms with Crippen LogP contribution in [-0.4, -0.2) is 47.4 Å². The molecule has 448 valence electrons. The standard InChI is InChI=1S/C69H137NO5/c1-3-5-7-9-11-13-15-16-38-42-45-49-53-57-61-67(72)66(65-71)70-68(73)62-58-54-50-46-43-39-36-34-32-30-28-26-24-22-20-18-17-19-21-23-25-27-29-31-33-35-37-40-44-48-52-56-60-64-75-69(74)63-59-55-51-47-41-14-12-10-8-6-4-2/h66-67,71-72H,3-65H2,1-2H3,(H,70,73). The van der Waals surface area contributed by atoms with Crippen molar-refractivity contribution >= 4 is 11.9 Å². The van der Waals surface area contributed by atoms with Gasteiger partial charge in [-0.25, -0.2) is 0 Å². The first-order chi connectivity index (χ1) is 37.0. The SMILES string of the molecule is CCCCCCCCCCCCCCCCC(O)C(CO)NC(=O)CCCCCCCCCCCCCCCCCCCCCCCCCCCCCCCCCCCOC(=O)CCCCCCCCCCCCC. The van der Waals surface area contributed by atoms with E-state index in [9.17, 15) is 19.8 Å². The molecule has 0 heterocycles. The monoisotopic (exact) mass is 1060 g/mol. The summed E-state index contributed by atoms with van der Waals surface area (Å²) in [5, 5.41) is 23.3. The van der Waals surface area contributed by atoms with Gasteiger partial charge in [-0.1, -0.05) is 367 Å². The molecule has 0 aromatic rings. The minimum atomic E-state index is -0.659. The van der Waals surface area contributed by atoms with Gasteiger partial charge in [-0.3, -0.25) is 9.59 Å². The highest BCUT2D eigenvalue weighted by Gasteiger charge is 2.20. The van der Waals surface area contributed by atoms with Crippen LogP contribution in [0.2, 0.25) is 0 Å². The van der Waals surface area contributed by atoms with Gasteiger partial charge in [0.15, 0.2) is 0 Å². The van der Waals surface area contributed by atoms with Gasteiger partial charge < -0.3 is 20.3 Å². The fourth-order valence-electron chi connectivity index (χ4n) is 11.4. The third kappa shape index (κ3) is 61.9. The molecule has 6 nitrogen and oxygen atoms in total. The Morgan fingerprint density at radius 2 is 0.547 bits per heavy atom. The van der Waals surface area contributed by atoms with Crippen LogP contribution in [0.25, 0.3) is 0 Å². The van der Waals surface area contributed by atoms with Crippen molar-refractivity contribution in [2.45, 2.75) is 418 Å². The van der Waals surface area contributed by atoms with Crippen LogP contribution < -0.4 is 5.32 Å². The Balaban J connectivity index is 3.30. The number of amides is 1. The first-order valence-electron chi connectivity index (χ1n) is 34.8. The van der Waals surface area contributed by atoms with Crippen LogP contribution in [-0.2, 0) is 14.3 Å². The fraction of sp³-hybridized carbons (Fsp3) is 0.971. The zero-order valence-corrected chi connectivity index (χ0v) is 51.3. The lowest BCUT2D eigenvalue weighted by Crippen LogP contribution is -2.45. The highest BCUT2D eigenvalue weighted by Crippen LogP contribution is 2.19. The first kappa shape index (κ1) is 73.9. The fourth-order valence-corrected chi connectivity index (χ4v) is 11.4. The summed E-state index contributed by atoms with van der Waals surface area (Å²) in [6, 6.07) is -0.536. The van der Waals surface area contributed by atoms with Crippen LogP contribution in [0.4, 0.5) is 0 Å². The molecule has 0 aliphatic rings. The van der Waals surface area contributed by atoms with Crippen LogP contribution in [0.3, 0.4) is 0 Å². The van der Waals surface area contributed by atoms with Crippen molar-refractivity contribution in [1.82, 2.24) is 5.32 Å². The number of unbranched alkanes of at least 4 members (excludes halogenated alkanes) is 55. The number of carbonyl (C=O) groups excluding carboxylic acids is 2. The zero-order valence-electron chi connectivity index (χ0n) is 51.3. The maximum Gasteiger partial charge on any atom is 0.305 e. The predicted molar refractivity (Wildman–Crippen MR) is 329 cm³/mol. The third-order valence-corrected chi connectivity index (χ3v) is 16.7. The lowest BCUT2D eigenvalue weighted by molar-refractivity contribution is -0.143. The molecule has 6 heteroatoms. The Kier molecular flexibility index (Phi) is 64.4. The number of hydrogen-bond donors (Lipinski definition) is 3. The molecule has 3 N–H and O–H groups in total. The molecule has 0 radical (unpaired) electrons. The molecular weight excluding hydrogens is 923 g/mol. The van der Waals surface area contributed by atoms with Crippen molar-refractivity contribution in [3.63, 3.8) is 0 Å². The summed E-state index contributed by atoms with van der Waals surface area (Å²) in [6.07, 6.45) is 78.8. The van der Waals surface area contributed by atoms with Gasteiger partial charge in [0.05, 0.1) is 25.4 Å². The maximum atomic E-state index is 12.5. The third-order valence-electron chi connectivity index (χ3n) is 16.7. The summed E-state index contributed by atoms with van der Waals surface area (Å²) < 4.78 is 5.48. The molecule has 0 aliphatic heterocycles. The minimum absolute atomic E-state index is 0.0223. The van der Waals surface area contributed by atoms with Crippen molar-refractivity contribution in [1.29, 1.82) is 0 Å². The van der Waals surface area contributed by atoms with E-state index in [-0.39, 0.29) is 18.5 Å². The van der Waals surface area contributed by atoms with E-state index in [1.807, 2.05) is 0 Å². The molecule has 0 saturated carbocycles. The Morgan fingerprint density at radius 1 is 0.320 bits per heavy atom. The molecule has 0 aliphatic carbocycles. The second-order valence-corrected chi connectivity index (χ2v) is 24.2. The summed E-state index contributed by atoms with van der Waals surface area (Å²) in [4.78, 5) is 24.5. The zero-order chi connectivity index (χ0) is 54.3. The normalized spacial score (nSPS) is 12.4. The van der Waals surface area contributed by atoms with Gasteiger partial charge in [0.1, 0.15) is 0 Å². The van der Waals surface area contributed by atoms with Crippen molar-refractivity contribution in [3.05, 3.63) is 0 Å². The van der Waals surface area contributed by atoms with Crippen molar-refractivity contribution in [2.24, 2.45) is 0 Å². The topological polar surface area (TPSA) is 95.9 Å². The van der Waals surface area contributed by atoms with Gasteiger partial charge in [-0.2, -0.15) is 0 Å². The number of aliphatic hydroxyl groups excluding tert-OH is 2. The largest absolute Gasteiger partial charge is 0.466 e. The van der Waals surface area contributed by atoms with Crippen LogP contribution in [0.1, 0.15) is 406 Å². The molecule has 0 fully saturated rings. The molecule has 0 saturated heterocycles. The van der Waals surface area contributed by atoms with Crippen molar-refractivity contribution in [3.8, 4) is 0 Å². The molecule has 1 amide bonds. The summed E-state index contributed by atoms with van der Waals surface area (Å²) in [5.41, 5.74) is 0. The molecule has 0 aromatic heterocycles. The molecule has 0 bridgehead atoms. The number of carbonyl (C=O) groups is 2. The predicted octanol–water partition coefficient (Wildman–Crippen LogP) is 22.2. The lowest BCUT2D eigenvalue weighted by Gasteiger charge is -2.22. The highest BCUT2D eigenvalue weighted by atomic mass is 16.5. The van der Waals surface area contributed by atoms with Crippen LogP contribution in [0.5, 0.6) is 0 Å². The van der Waals surface area contributed by atoms with Gasteiger partial charge >= 0.3 is 5.97 Å². The van der Waals surface area contributed by atoms with E-state index >= 15 is 0 Å². The molecule has 0 rings (SSSR count). The number of rotatable bonds is 66. The molecule has 0 spiro atoms. The van der Waals surface area contributed by atoms with E-state index < -0.39 is 12.1 Å². The molecule has 75 heavy (non-hydrogen) atoms. The van der Waals surface area contributed by atoms with Gasteiger partial charge in [0.2, 0.25) is 5.91 Å². The number of aliphatic hydroxyl groups is 2. The first-order valence-corrected chi connectivity index (χ1v) is 34.8. The van der Waals surface area contributed by atoms with Gasteiger partial charge in [-0.15, -0.1) is 0 Å². The molecule has 2 atom stereocenters. The van der Waals surface area contributed by atoms with E-state index in [0.29, 0.717) is 25.9 Å². The van der Waals surface area contributed by atoms with E-state index in [1.165, 1.54) is 334 Å². The highest BCUT2D eigenvalue weighted by molar-refractivity contribution is 5.76. The summed E-state index contributed by atoms with van der Waals surface area (Å²) in [6.45, 7) is 4.99. The average Bonchev–Trinajstić information content (AvgIpc) is 3.41. The summed E-state index contributed by atoms with van der Waals surface area (Å²) >= 11 is 0. The Hall–Kier alpha value is -1.14. The molecular formula is C69H137NO5. The molecule has 0 aromatic carbocycles. The number of hydrogen-bond acceptors (Lipinski definition) is 5. The molecule has 2 unspecified atom stereocenters. The van der Waals surface area contributed by atoms with E-state index in [1.54, 1.807) is 0 Å². The van der Waals surface area contributed by atoms with Gasteiger partial charge in [0, 0.05) is 12.8 Å². The quantitative estimate of drug-likeness (QED) is 0.0417. The second kappa shape index (κ2) is 65.4. The summed E-state index contributed by atoms with van der Waals surface area (Å²) in [5.74, 6) is -0.00456. The number of esters is 1. The van der Waals surface area contributed by atoms with Gasteiger partial charge in [-0.05, 0) is 25.7 Å². The number of ether oxygens (including phenoxy) is 1. The summed E-state index contributed by atoms with van der Waals surface area (Å²) in [7, 11) is 0. The van der Waals surface area contributed by atoms with Gasteiger partial charge in [0.25, 0.3) is 0 Å². The van der Waals surface area contributed by atoms with Crippen LogP contribution >= 0.6 is 0 Å². The number of nitrogens with one attached hydrogen (secondary N) is 1. The Labute approximate surface area is 470 Å². The smallest absolute Gasteiger partial charge is 0.305 e. The average molecular weight is 1060 g/mol. The second-order valence-electron chi connectivity index (χ2n) is 24.2. The van der Waals surface area contributed by atoms with Crippen LogP contribution in [0.15, 0.2) is 0 Å². The Morgan fingerprint density at radius 3 is 0.813 bits per heavy atom. The van der Waals surface area contributed by atoms with E-state index in [0.717, 1.165) is 38.5 Å². The van der Waals surface area contributed by atoms with Crippen LogP contribution in [0, 0.1) is 0 Å². The van der Waals surface area contributed by atoms with Crippen molar-refractivity contribution < 1.29 is 24.5 Å². The minimum Gasteiger partial charge on any atom is -0.466 e. The van der Waals surface area contributed by atoms with E-state index in [2.05, 4.69) is 19.2 Å². The maximum absolute atomic E-state index is 12.5. The van der Waals surface area contributed by atoms with Crippen molar-refractivity contribution in [2.75, 3.05) is 13.2 Å².